The minimum atomic E-state index is -4.12. The van der Waals surface area contributed by atoms with Crippen molar-refractivity contribution in [3.63, 3.8) is 0 Å². The van der Waals surface area contributed by atoms with Gasteiger partial charge in [0.2, 0.25) is 10.0 Å². The normalized spacial score (nSPS) is 11.8. The smallest absolute Gasteiger partial charge is 0.255 e. The molecule has 0 aromatic heterocycles. The van der Waals surface area contributed by atoms with Crippen LogP contribution in [0.2, 0.25) is 0 Å². The number of sulfonamides is 1. The van der Waals surface area contributed by atoms with Gasteiger partial charge in [-0.15, -0.1) is 0 Å². The van der Waals surface area contributed by atoms with E-state index in [0.29, 0.717) is 0 Å². The number of amides is 1. The summed E-state index contributed by atoms with van der Waals surface area (Å²) in [6.45, 7) is 2.56. The summed E-state index contributed by atoms with van der Waals surface area (Å²) in [5, 5.41) is 7.04. The number of nitrogens with one attached hydrogen (secondary N) is 1. The maximum absolute atomic E-state index is 12.0. The average Bonchev–Trinajstić information content (AvgIpc) is 2.34. The van der Waals surface area contributed by atoms with Crippen LogP contribution in [-0.4, -0.2) is 33.4 Å². The summed E-state index contributed by atoms with van der Waals surface area (Å²) < 4.78 is 52.4. The predicted molar refractivity (Wildman–Crippen MR) is 71.9 cm³/mol. The van der Waals surface area contributed by atoms with Crippen molar-refractivity contribution in [1.82, 2.24) is 5.32 Å². The second-order valence-corrected chi connectivity index (χ2v) is 6.00. The highest BCUT2D eigenvalue weighted by Gasteiger charge is 2.19. The van der Waals surface area contributed by atoms with E-state index in [0.717, 1.165) is 6.07 Å². The number of ether oxygens (including phenoxy) is 1. The van der Waals surface area contributed by atoms with Crippen molar-refractivity contribution >= 4 is 15.9 Å². The maximum atomic E-state index is 12.0. The van der Waals surface area contributed by atoms with Crippen molar-refractivity contribution in [2.24, 2.45) is 5.14 Å². The molecule has 0 unspecified atom stereocenters. The molecule has 1 amide bonds. The van der Waals surface area contributed by atoms with E-state index >= 15 is 0 Å². The largest absolute Gasteiger partial charge is 0.490 e. The van der Waals surface area contributed by atoms with E-state index in [9.17, 15) is 22.0 Å². The van der Waals surface area contributed by atoms with Crippen molar-refractivity contribution in [2.75, 3.05) is 6.54 Å². The summed E-state index contributed by atoms with van der Waals surface area (Å²) in [6.07, 6.45) is -3.00. The average molecular weight is 322 g/mol. The number of hydrogen-bond donors (Lipinski definition) is 2. The highest BCUT2D eigenvalue weighted by molar-refractivity contribution is 7.89. The van der Waals surface area contributed by atoms with Crippen LogP contribution >= 0.6 is 0 Å². The number of benzene rings is 1. The molecule has 0 fully saturated rings. The van der Waals surface area contributed by atoms with E-state index in [-0.39, 0.29) is 22.3 Å². The molecular weight excluding hydrogens is 306 g/mol. The first kappa shape index (κ1) is 17.3. The van der Waals surface area contributed by atoms with Crippen molar-refractivity contribution in [3.05, 3.63) is 23.8 Å². The van der Waals surface area contributed by atoms with E-state index in [1.165, 1.54) is 12.1 Å². The van der Waals surface area contributed by atoms with E-state index in [1.807, 2.05) is 5.32 Å². The summed E-state index contributed by atoms with van der Waals surface area (Å²) in [5.41, 5.74) is -0.101. The molecule has 0 spiro atoms. The highest BCUT2D eigenvalue weighted by Crippen LogP contribution is 2.25. The number of nitrogens with two attached hydrogens (primary N) is 1. The van der Waals surface area contributed by atoms with E-state index < -0.39 is 28.9 Å². The molecule has 0 saturated carbocycles. The van der Waals surface area contributed by atoms with Gasteiger partial charge in [0.15, 0.2) is 0 Å². The minimum absolute atomic E-state index is 0.00194. The van der Waals surface area contributed by atoms with Crippen LogP contribution in [0.1, 0.15) is 24.2 Å². The molecular formula is C12H16F2N2O4S. The van der Waals surface area contributed by atoms with Gasteiger partial charge in [-0.2, -0.15) is 0 Å². The summed E-state index contributed by atoms with van der Waals surface area (Å²) in [5.74, 6) is -0.825. The van der Waals surface area contributed by atoms with E-state index in [4.69, 9.17) is 9.88 Å². The van der Waals surface area contributed by atoms with Gasteiger partial charge in [-0.25, -0.2) is 22.3 Å². The topological polar surface area (TPSA) is 98.5 Å². The third kappa shape index (κ3) is 5.27. The summed E-state index contributed by atoms with van der Waals surface area (Å²) >= 11 is 0. The van der Waals surface area contributed by atoms with Crippen molar-refractivity contribution < 1.29 is 26.7 Å². The number of primary sulfonamides is 1. The second-order valence-electron chi connectivity index (χ2n) is 4.47. The lowest BCUT2D eigenvalue weighted by atomic mass is 10.2. The van der Waals surface area contributed by atoms with Gasteiger partial charge in [0, 0.05) is 5.56 Å². The monoisotopic (exact) mass is 322 g/mol. The molecule has 0 aliphatic carbocycles. The Morgan fingerprint density at radius 3 is 2.48 bits per heavy atom. The van der Waals surface area contributed by atoms with Gasteiger partial charge < -0.3 is 10.1 Å². The van der Waals surface area contributed by atoms with Gasteiger partial charge in [-0.3, -0.25) is 4.79 Å². The number of halogens is 2. The Hall–Kier alpha value is -1.74. The zero-order valence-corrected chi connectivity index (χ0v) is 12.3. The third-order valence-corrected chi connectivity index (χ3v) is 3.22. The molecule has 0 saturated heterocycles. The van der Waals surface area contributed by atoms with Crippen LogP contribution in [0, 0.1) is 0 Å². The number of hydrogen-bond acceptors (Lipinski definition) is 4. The molecule has 6 nitrogen and oxygen atoms in total. The molecule has 1 aromatic rings. The highest BCUT2D eigenvalue weighted by atomic mass is 32.2. The molecule has 0 radical (unpaired) electrons. The fraction of sp³-hybridized carbons (Fsp3) is 0.417. The van der Waals surface area contributed by atoms with Crippen LogP contribution < -0.4 is 15.2 Å². The molecule has 1 aromatic carbocycles. The van der Waals surface area contributed by atoms with Gasteiger partial charge in [0.1, 0.15) is 10.6 Å². The lowest BCUT2D eigenvalue weighted by molar-refractivity contribution is 0.0891. The maximum Gasteiger partial charge on any atom is 0.255 e. The predicted octanol–water partition coefficient (Wildman–Crippen LogP) is 1.12. The first-order chi connectivity index (χ1) is 9.61. The van der Waals surface area contributed by atoms with Crippen LogP contribution in [0.15, 0.2) is 23.1 Å². The molecule has 0 heterocycles. The van der Waals surface area contributed by atoms with Crippen molar-refractivity contribution in [2.45, 2.75) is 31.3 Å². The second kappa shape index (κ2) is 6.81. The molecule has 0 aliphatic rings. The number of rotatable bonds is 6. The molecule has 9 heteroatoms. The molecule has 0 aliphatic heterocycles. The Morgan fingerprint density at radius 2 is 2.00 bits per heavy atom. The lowest BCUT2D eigenvalue weighted by Gasteiger charge is -2.14. The Balaban J connectivity index is 3.13. The fourth-order valence-corrected chi connectivity index (χ4v) is 2.18. The number of alkyl halides is 2. The standard InChI is InChI=1S/C12H16F2N2O4S/c1-7(2)20-9-4-3-8(5-10(9)21(15,18)19)12(17)16-6-11(13)14/h3-5,7,11H,6H2,1-2H3,(H,16,17)(H2,15,18,19). The zero-order valence-electron chi connectivity index (χ0n) is 11.5. The third-order valence-electron chi connectivity index (χ3n) is 2.29. The quantitative estimate of drug-likeness (QED) is 0.820. The minimum Gasteiger partial charge on any atom is -0.490 e. The van der Waals surface area contributed by atoms with Crippen LogP contribution in [0.25, 0.3) is 0 Å². The Bertz CT molecular complexity index is 618. The molecule has 118 valence electrons. The molecule has 3 N–H and O–H groups in total. The number of carbonyl (C=O) groups is 1. The van der Waals surface area contributed by atoms with Crippen LogP contribution in [-0.2, 0) is 10.0 Å². The first-order valence-electron chi connectivity index (χ1n) is 6.01. The Kier molecular flexibility index (Phi) is 5.62. The fourth-order valence-electron chi connectivity index (χ4n) is 1.49. The molecule has 1 rings (SSSR count). The van der Waals surface area contributed by atoms with Crippen molar-refractivity contribution in [3.8, 4) is 5.75 Å². The van der Waals surface area contributed by atoms with Crippen molar-refractivity contribution in [1.29, 1.82) is 0 Å². The van der Waals surface area contributed by atoms with E-state index in [1.54, 1.807) is 13.8 Å². The van der Waals surface area contributed by atoms with Gasteiger partial charge in [-0.1, -0.05) is 0 Å². The van der Waals surface area contributed by atoms with Gasteiger partial charge in [-0.05, 0) is 32.0 Å². The Morgan fingerprint density at radius 1 is 1.38 bits per heavy atom. The van der Waals surface area contributed by atoms with Gasteiger partial charge >= 0.3 is 0 Å². The van der Waals surface area contributed by atoms with Crippen LogP contribution in [0.4, 0.5) is 8.78 Å². The van der Waals surface area contributed by atoms with Gasteiger partial charge in [0.25, 0.3) is 12.3 Å². The summed E-state index contributed by atoms with van der Waals surface area (Å²) in [4.78, 5) is 11.3. The SMILES string of the molecule is CC(C)Oc1ccc(C(=O)NCC(F)F)cc1S(N)(=O)=O. The molecule has 0 bridgehead atoms. The molecule has 0 atom stereocenters. The molecule has 21 heavy (non-hydrogen) atoms. The first-order valence-corrected chi connectivity index (χ1v) is 7.55. The summed E-state index contributed by atoms with van der Waals surface area (Å²) in [6, 6.07) is 3.53. The Labute approximate surface area is 121 Å². The lowest BCUT2D eigenvalue weighted by Crippen LogP contribution is -2.28. The van der Waals surface area contributed by atoms with E-state index in [2.05, 4.69) is 0 Å². The van der Waals surface area contributed by atoms with Crippen LogP contribution in [0.3, 0.4) is 0 Å². The van der Waals surface area contributed by atoms with Crippen LogP contribution in [0.5, 0.6) is 5.75 Å². The summed E-state index contributed by atoms with van der Waals surface area (Å²) in [7, 11) is -4.12. The van der Waals surface area contributed by atoms with Gasteiger partial charge in [0.05, 0.1) is 12.6 Å². The number of carbonyl (C=O) groups excluding carboxylic acids is 1. The zero-order chi connectivity index (χ0) is 16.2.